The molecule has 2 amide bonds. The molecule has 0 saturated heterocycles. The highest BCUT2D eigenvalue weighted by Gasteiger charge is 2.32. The Labute approximate surface area is 186 Å². The predicted molar refractivity (Wildman–Crippen MR) is 115 cm³/mol. The van der Waals surface area contributed by atoms with Crippen LogP contribution in [-0.2, 0) is 15.8 Å². The lowest BCUT2D eigenvalue weighted by Gasteiger charge is -2.11. The Morgan fingerprint density at radius 3 is 2.55 bits per heavy atom. The summed E-state index contributed by atoms with van der Waals surface area (Å²) in [7, 11) is 1.44. The van der Waals surface area contributed by atoms with Crippen LogP contribution in [0.25, 0.3) is 16.6 Å². The second-order valence-corrected chi connectivity index (χ2v) is 7.16. The Hall–Kier alpha value is -4.02. The minimum atomic E-state index is -4.59. The number of rotatable bonds is 7. The number of fused-ring (bicyclic) bond motifs is 1. The number of nitrogens with one attached hydrogen (secondary N) is 1. The minimum Gasteiger partial charge on any atom is -0.497 e. The molecule has 0 radical (unpaired) electrons. The van der Waals surface area contributed by atoms with E-state index in [0.717, 1.165) is 12.1 Å². The summed E-state index contributed by atoms with van der Waals surface area (Å²) in [5, 5.41) is 15.2. The topological polar surface area (TPSA) is 119 Å². The number of carbonyl (C=O) groups is 2. The Balaban J connectivity index is 2.15. The van der Waals surface area contributed by atoms with E-state index in [1.54, 1.807) is 24.3 Å². The third-order valence-corrected chi connectivity index (χ3v) is 4.89. The molecule has 3 aromatic rings. The van der Waals surface area contributed by atoms with E-state index in [1.807, 2.05) is 0 Å². The molecule has 174 valence electrons. The maximum Gasteiger partial charge on any atom is 0.416 e. The van der Waals surface area contributed by atoms with E-state index < -0.39 is 23.6 Å². The van der Waals surface area contributed by atoms with Crippen molar-refractivity contribution in [2.45, 2.75) is 25.9 Å². The van der Waals surface area contributed by atoms with Crippen molar-refractivity contribution in [3.63, 3.8) is 0 Å². The Morgan fingerprint density at radius 1 is 1.18 bits per heavy atom. The maximum absolute atomic E-state index is 13.4. The molecule has 1 aromatic heterocycles. The van der Waals surface area contributed by atoms with Gasteiger partial charge in [0.25, 0.3) is 0 Å². The Kier molecular flexibility index (Phi) is 6.61. The van der Waals surface area contributed by atoms with Crippen molar-refractivity contribution in [2.75, 3.05) is 7.11 Å². The number of ether oxygens (including phenoxy) is 1. The highest BCUT2D eigenvalue weighted by molar-refractivity contribution is 6.13. The summed E-state index contributed by atoms with van der Waals surface area (Å²) in [6, 6.07) is 9.51. The zero-order chi connectivity index (χ0) is 24.3. The first-order chi connectivity index (χ1) is 15.5. The SMILES string of the molecule is COc1cccc(-n2c(O)c(C(C)=NNC(=O)CCC(N)=O)c3ccc(C(F)(F)F)cc32)c1. The minimum absolute atomic E-state index is 0.0835. The van der Waals surface area contributed by atoms with E-state index >= 15 is 0 Å². The summed E-state index contributed by atoms with van der Waals surface area (Å²) in [4.78, 5) is 22.7. The normalized spacial score (nSPS) is 12.1. The lowest BCUT2D eigenvalue weighted by Crippen LogP contribution is -2.21. The molecule has 0 spiro atoms. The molecule has 0 aliphatic heterocycles. The van der Waals surface area contributed by atoms with Crippen LogP contribution in [0.15, 0.2) is 47.6 Å². The molecule has 11 heteroatoms. The van der Waals surface area contributed by atoms with Crippen molar-refractivity contribution in [1.82, 2.24) is 9.99 Å². The fraction of sp³-hybridized carbons (Fsp3) is 0.227. The number of hydrazone groups is 1. The van der Waals surface area contributed by atoms with E-state index in [1.165, 1.54) is 24.7 Å². The summed E-state index contributed by atoms with van der Waals surface area (Å²) in [6.45, 7) is 1.48. The number of carbonyl (C=O) groups excluding carboxylic acids is 2. The Morgan fingerprint density at radius 2 is 1.91 bits per heavy atom. The van der Waals surface area contributed by atoms with Crippen molar-refractivity contribution in [2.24, 2.45) is 10.8 Å². The molecule has 0 fully saturated rings. The first-order valence-corrected chi connectivity index (χ1v) is 9.73. The summed E-state index contributed by atoms with van der Waals surface area (Å²) < 4.78 is 46.6. The van der Waals surface area contributed by atoms with Crippen molar-refractivity contribution in [3.8, 4) is 17.3 Å². The average Bonchev–Trinajstić information content (AvgIpc) is 3.06. The molecular formula is C22H21F3N4O4. The van der Waals surface area contributed by atoms with Gasteiger partial charge in [-0.05, 0) is 31.2 Å². The van der Waals surface area contributed by atoms with E-state index in [2.05, 4.69) is 10.5 Å². The van der Waals surface area contributed by atoms with Crippen molar-refractivity contribution >= 4 is 28.4 Å². The molecule has 0 aliphatic rings. The monoisotopic (exact) mass is 462 g/mol. The number of alkyl halides is 3. The van der Waals surface area contributed by atoms with Crippen LogP contribution in [0.3, 0.4) is 0 Å². The summed E-state index contributed by atoms with van der Waals surface area (Å²) in [5.41, 5.74) is 7.10. The molecule has 4 N–H and O–H groups in total. The summed E-state index contributed by atoms with van der Waals surface area (Å²) in [5.74, 6) is -1.16. The van der Waals surface area contributed by atoms with Gasteiger partial charge < -0.3 is 15.6 Å². The highest BCUT2D eigenvalue weighted by atomic mass is 19.4. The van der Waals surface area contributed by atoms with Crippen LogP contribution in [0.1, 0.15) is 30.9 Å². The van der Waals surface area contributed by atoms with Crippen LogP contribution < -0.4 is 15.9 Å². The van der Waals surface area contributed by atoms with Gasteiger partial charge in [0.1, 0.15) is 5.75 Å². The number of nitrogens with zero attached hydrogens (tertiary/aromatic N) is 2. The first-order valence-electron chi connectivity index (χ1n) is 9.73. The molecule has 0 atom stereocenters. The van der Waals surface area contributed by atoms with Crippen LogP contribution in [0.5, 0.6) is 11.6 Å². The zero-order valence-corrected chi connectivity index (χ0v) is 17.7. The fourth-order valence-corrected chi connectivity index (χ4v) is 3.31. The van der Waals surface area contributed by atoms with E-state index in [4.69, 9.17) is 10.5 Å². The number of aromatic nitrogens is 1. The van der Waals surface area contributed by atoms with Crippen molar-refractivity contribution in [3.05, 3.63) is 53.6 Å². The fourth-order valence-electron chi connectivity index (χ4n) is 3.31. The number of aromatic hydroxyl groups is 1. The van der Waals surface area contributed by atoms with Crippen LogP contribution in [0.4, 0.5) is 13.2 Å². The van der Waals surface area contributed by atoms with Gasteiger partial charge in [-0.1, -0.05) is 12.1 Å². The van der Waals surface area contributed by atoms with E-state index in [-0.39, 0.29) is 40.9 Å². The largest absolute Gasteiger partial charge is 0.497 e. The number of hydrogen-bond donors (Lipinski definition) is 3. The lowest BCUT2D eigenvalue weighted by atomic mass is 10.1. The molecule has 0 aliphatic carbocycles. The third-order valence-electron chi connectivity index (χ3n) is 4.89. The molecule has 1 heterocycles. The smallest absolute Gasteiger partial charge is 0.416 e. The van der Waals surface area contributed by atoms with E-state index in [0.29, 0.717) is 11.4 Å². The lowest BCUT2D eigenvalue weighted by molar-refractivity contribution is -0.137. The molecule has 2 aromatic carbocycles. The maximum atomic E-state index is 13.4. The van der Waals surface area contributed by atoms with Gasteiger partial charge in [0.2, 0.25) is 17.7 Å². The van der Waals surface area contributed by atoms with Crippen molar-refractivity contribution < 1.29 is 32.6 Å². The second kappa shape index (κ2) is 9.23. The van der Waals surface area contributed by atoms with Crippen LogP contribution in [-0.4, -0.2) is 34.3 Å². The van der Waals surface area contributed by atoms with Gasteiger partial charge >= 0.3 is 6.18 Å². The predicted octanol–water partition coefficient (Wildman–Crippen LogP) is 3.47. The van der Waals surface area contributed by atoms with Gasteiger partial charge in [0.05, 0.1) is 35.2 Å². The third kappa shape index (κ3) is 5.08. The molecule has 0 saturated carbocycles. The number of halogens is 3. The summed E-state index contributed by atoms with van der Waals surface area (Å²) >= 11 is 0. The van der Waals surface area contributed by atoms with Gasteiger partial charge in [-0.3, -0.25) is 14.2 Å². The standard InChI is InChI=1S/C22H21F3N4O4/c1-12(27-28-19(31)9-8-18(26)30)20-16-7-6-13(22(23,24)25)10-17(16)29(21(20)32)14-4-3-5-15(11-14)33-2/h3-7,10-11,32H,8-9H2,1-2H3,(H2,26,30)(H,28,31). The molecule has 33 heavy (non-hydrogen) atoms. The van der Waals surface area contributed by atoms with Gasteiger partial charge in [-0.15, -0.1) is 0 Å². The molecule has 8 nitrogen and oxygen atoms in total. The quantitative estimate of drug-likeness (QED) is 0.368. The molecular weight excluding hydrogens is 441 g/mol. The zero-order valence-electron chi connectivity index (χ0n) is 17.7. The van der Waals surface area contributed by atoms with Gasteiger partial charge in [-0.2, -0.15) is 18.3 Å². The second-order valence-electron chi connectivity index (χ2n) is 7.16. The number of benzene rings is 2. The van der Waals surface area contributed by atoms with E-state index in [9.17, 15) is 27.9 Å². The van der Waals surface area contributed by atoms with Gasteiger partial charge in [0, 0.05) is 24.3 Å². The van der Waals surface area contributed by atoms with Gasteiger partial charge in [0.15, 0.2) is 0 Å². The summed E-state index contributed by atoms with van der Waals surface area (Å²) in [6.07, 6.45) is -4.94. The van der Waals surface area contributed by atoms with Crippen molar-refractivity contribution in [1.29, 1.82) is 0 Å². The van der Waals surface area contributed by atoms with Crippen LogP contribution >= 0.6 is 0 Å². The number of amides is 2. The molecule has 0 unspecified atom stereocenters. The Bertz CT molecular complexity index is 1250. The van der Waals surface area contributed by atoms with Crippen LogP contribution in [0.2, 0.25) is 0 Å². The average molecular weight is 462 g/mol. The molecule has 3 rings (SSSR count). The number of methoxy groups -OCH3 is 1. The van der Waals surface area contributed by atoms with Crippen LogP contribution in [0, 0.1) is 0 Å². The number of hydrogen-bond acceptors (Lipinski definition) is 5. The first kappa shape index (κ1) is 23.6. The molecule has 0 bridgehead atoms. The number of primary amides is 1. The highest BCUT2D eigenvalue weighted by Crippen LogP contribution is 2.39. The number of nitrogens with two attached hydrogens (primary N) is 1. The van der Waals surface area contributed by atoms with Gasteiger partial charge in [-0.25, -0.2) is 5.43 Å².